The fourth-order valence-corrected chi connectivity index (χ4v) is 2.45. The third kappa shape index (κ3) is 2.01. The highest BCUT2D eigenvalue weighted by molar-refractivity contribution is 5.94. The lowest BCUT2D eigenvalue weighted by molar-refractivity contribution is 0.0436. The van der Waals surface area contributed by atoms with Crippen molar-refractivity contribution >= 4 is 11.8 Å². The summed E-state index contributed by atoms with van der Waals surface area (Å²) in [7, 11) is 0. The maximum Gasteiger partial charge on any atom is 0.340 e. The number of rotatable bonds is 3. The van der Waals surface area contributed by atoms with Gasteiger partial charge in [-0.3, -0.25) is 0 Å². The fourth-order valence-electron chi connectivity index (χ4n) is 2.45. The minimum absolute atomic E-state index is 0.356. The lowest BCUT2D eigenvalue weighted by Gasteiger charge is -2.12. The molecule has 0 saturated heterocycles. The maximum atomic E-state index is 11.8. The molecule has 1 aliphatic rings. The standard InChI is InChI=1S/C16H11N3O3/c20-16-12-9-5-4-8-11(12)15(21-16)17-14-13(18-22-19-14)10-6-2-1-3-7-10/h1-9,15H,(H,17,19). The third-order valence-electron chi connectivity index (χ3n) is 3.49. The van der Waals surface area contributed by atoms with Crippen molar-refractivity contribution in [2.45, 2.75) is 6.23 Å². The molecule has 6 heteroatoms. The summed E-state index contributed by atoms with van der Waals surface area (Å²) in [5, 5.41) is 10.8. The van der Waals surface area contributed by atoms with Crippen LogP contribution in [0.5, 0.6) is 0 Å². The molecule has 2 heterocycles. The molecule has 0 radical (unpaired) electrons. The summed E-state index contributed by atoms with van der Waals surface area (Å²) >= 11 is 0. The Hall–Kier alpha value is -3.15. The van der Waals surface area contributed by atoms with E-state index < -0.39 is 6.23 Å². The van der Waals surface area contributed by atoms with Crippen LogP contribution in [-0.2, 0) is 4.74 Å². The highest BCUT2D eigenvalue weighted by atomic mass is 16.6. The number of esters is 1. The topological polar surface area (TPSA) is 77.2 Å². The van der Waals surface area contributed by atoms with Gasteiger partial charge >= 0.3 is 5.97 Å². The second kappa shape index (κ2) is 5.00. The van der Waals surface area contributed by atoms with Gasteiger partial charge in [-0.1, -0.05) is 48.5 Å². The van der Waals surface area contributed by atoms with Crippen LogP contribution in [0.2, 0.25) is 0 Å². The Morgan fingerprint density at radius 1 is 0.955 bits per heavy atom. The van der Waals surface area contributed by atoms with Crippen LogP contribution in [0, 0.1) is 0 Å². The molecule has 6 nitrogen and oxygen atoms in total. The molecule has 3 aromatic rings. The Morgan fingerprint density at radius 2 is 1.73 bits per heavy atom. The molecule has 0 amide bonds. The van der Waals surface area contributed by atoms with Crippen LogP contribution < -0.4 is 5.32 Å². The van der Waals surface area contributed by atoms with Gasteiger partial charge in [0.2, 0.25) is 12.0 Å². The smallest absolute Gasteiger partial charge is 0.340 e. The van der Waals surface area contributed by atoms with Crippen molar-refractivity contribution in [2.24, 2.45) is 0 Å². The van der Waals surface area contributed by atoms with E-state index in [1.54, 1.807) is 12.1 Å². The fraction of sp³-hybridized carbons (Fsp3) is 0.0625. The second-order valence-corrected chi connectivity index (χ2v) is 4.84. The Balaban J connectivity index is 1.67. The first-order valence-corrected chi connectivity index (χ1v) is 6.77. The molecule has 1 unspecified atom stereocenters. The summed E-state index contributed by atoms with van der Waals surface area (Å²) in [5.41, 5.74) is 2.76. The summed E-state index contributed by atoms with van der Waals surface area (Å²) in [6.45, 7) is 0. The number of aromatic nitrogens is 2. The van der Waals surface area contributed by atoms with Crippen molar-refractivity contribution < 1.29 is 14.2 Å². The van der Waals surface area contributed by atoms with Gasteiger partial charge in [-0.15, -0.1) is 0 Å². The number of nitrogens with zero attached hydrogens (tertiary/aromatic N) is 2. The van der Waals surface area contributed by atoms with E-state index in [1.807, 2.05) is 42.5 Å². The molecule has 1 atom stereocenters. The van der Waals surface area contributed by atoms with E-state index in [2.05, 4.69) is 15.6 Å². The monoisotopic (exact) mass is 293 g/mol. The predicted molar refractivity (Wildman–Crippen MR) is 78.0 cm³/mol. The quantitative estimate of drug-likeness (QED) is 0.748. The Morgan fingerprint density at radius 3 is 2.59 bits per heavy atom. The summed E-state index contributed by atoms with van der Waals surface area (Å²) in [4.78, 5) is 11.8. The molecule has 1 N–H and O–H groups in total. The molecule has 0 fully saturated rings. The second-order valence-electron chi connectivity index (χ2n) is 4.84. The molecule has 0 bridgehead atoms. The van der Waals surface area contributed by atoms with Gasteiger partial charge in [0.25, 0.3) is 0 Å². The van der Waals surface area contributed by atoms with Crippen molar-refractivity contribution in [2.75, 3.05) is 5.32 Å². The normalized spacial score (nSPS) is 16.2. The van der Waals surface area contributed by atoms with Crippen LogP contribution in [0.1, 0.15) is 22.1 Å². The van der Waals surface area contributed by atoms with Gasteiger partial charge < -0.3 is 10.1 Å². The number of hydrogen-bond donors (Lipinski definition) is 1. The molecule has 22 heavy (non-hydrogen) atoms. The van der Waals surface area contributed by atoms with E-state index in [0.29, 0.717) is 17.1 Å². The summed E-state index contributed by atoms with van der Waals surface area (Å²) in [6, 6.07) is 16.8. The molecule has 0 spiro atoms. The van der Waals surface area contributed by atoms with E-state index >= 15 is 0 Å². The minimum atomic E-state index is -0.599. The van der Waals surface area contributed by atoms with Gasteiger partial charge in [0, 0.05) is 11.1 Å². The summed E-state index contributed by atoms with van der Waals surface area (Å²) in [5.74, 6) is 0.0755. The Kier molecular flexibility index (Phi) is 2.86. The number of benzene rings is 2. The van der Waals surface area contributed by atoms with Crippen molar-refractivity contribution in [1.29, 1.82) is 0 Å². The lowest BCUT2D eigenvalue weighted by atomic mass is 10.1. The molecule has 4 rings (SSSR count). The van der Waals surface area contributed by atoms with E-state index in [4.69, 9.17) is 9.37 Å². The SMILES string of the molecule is O=C1OC(Nc2nonc2-c2ccccc2)c2ccccc21. The summed E-state index contributed by atoms with van der Waals surface area (Å²) in [6.07, 6.45) is -0.599. The van der Waals surface area contributed by atoms with Gasteiger partial charge in [-0.05, 0) is 16.4 Å². The minimum Gasteiger partial charge on any atom is -0.434 e. The zero-order valence-corrected chi connectivity index (χ0v) is 11.4. The zero-order chi connectivity index (χ0) is 14.9. The highest BCUT2D eigenvalue weighted by Crippen LogP contribution is 2.33. The molecule has 1 aromatic heterocycles. The number of fused-ring (bicyclic) bond motifs is 1. The van der Waals surface area contributed by atoms with Gasteiger partial charge in [0.05, 0.1) is 5.56 Å². The summed E-state index contributed by atoms with van der Waals surface area (Å²) < 4.78 is 10.2. The lowest BCUT2D eigenvalue weighted by Crippen LogP contribution is -2.11. The van der Waals surface area contributed by atoms with Gasteiger partial charge in [-0.25, -0.2) is 9.42 Å². The van der Waals surface area contributed by atoms with Gasteiger partial charge in [0.1, 0.15) is 0 Å². The largest absolute Gasteiger partial charge is 0.434 e. The van der Waals surface area contributed by atoms with Crippen molar-refractivity contribution in [3.05, 3.63) is 65.7 Å². The number of ether oxygens (including phenoxy) is 1. The van der Waals surface area contributed by atoms with Crippen molar-refractivity contribution in [3.8, 4) is 11.3 Å². The van der Waals surface area contributed by atoms with Gasteiger partial charge in [-0.2, -0.15) is 0 Å². The first-order chi connectivity index (χ1) is 10.8. The molecule has 0 aliphatic carbocycles. The van der Waals surface area contributed by atoms with Crippen LogP contribution >= 0.6 is 0 Å². The van der Waals surface area contributed by atoms with Crippen LogP contribution in [-0.4, -0.2) is 16.3 Å². The molecular weight excluding hydrogens is 282 g/mol. The Labute approximate surface area is 125 Å². The average molecular weight is 293 g/mol. The van der Waals surface area contributed by atoms with Gasteiger partial charge in [0.15, 0.2) is 5.69 Å². The first kappa shape index (κ1) is 12.6. The molecule has 1 aliphatic heterocycles. The number of hydrogen-bond acceptors (Lipinski definition) is 6. The van der Waals surface area contributed by atoms with E-state index in [1.165, 1.54) is 0 Å². The van der Waals surface area contributed by atoms with Crippen LogP contribution in [0.4, 0.5) is 5.82 Å². The zero-order valence-electron chi connectivity index (χ0n) is 11.4. The van der Waals surface area contributed by atoms with E-state index in [9.17, 15) is 4.79 Å². The third-order valence-corrected chi connectivity index (χ3v) is 3.49. The molecule has 0 saturated carbocycles. The molecule has 2 aromatic carbocycles. The number of anilines is 1. The first-order valence-electron chi connectivity index (χ1n) is 6.77. The Bertz CT molecular complexity index is 829. The van der Waals surface area contributed by atoms with E-state index in [0.717, 1.165) is 11.1 Å². The predicted octanol–water partition coefficient (Wildman–Crippen LogP) is 3.02. The highest BCUT2D eigenvalue weighted by Gasteiger charge is 2.31. The number of nitrogens with one attached hydrogen (secondary N) is 1. The van der Waals surface area contributed by atoms with Crippen molar-refractivity contribution in [1.82, 2.24) is 10.3 Å². The number of carbonyl (C=O) groups excluding carboxylic acids is 1. The maximum absolute atomic E-state index is 11.8. The average Bonchev–Trinajstić information content (AvgIpc) is 3.15. The molecular formula is C16H11N3O3. The van der Waals surface area contributed by atoms with Crippen LogP contribution in [0.25, 0.3) is 11.3 Å². The van der Waals surface area contributed by atoms with Crippen molar-refractivity contribution in [3.63, 3.8) is 0 Å². The number of carbonyl (C=O) groups is 1. The van der Waals surface area contributed by atoms with Crippen LogP contribution in [0.15, 0.2) is 59.2 Å². The number of cyclic esters (lactones) is 1. The van der Waals surface area contributed by atoms with Crippen LogP contribution in [0.3, 0.4) is 0 Å². The van der Waals surface area contributed by atoms with E-state index in [-0.39, 0.29) is 5.97 Å². The molecule has 108 valence electrons.